The van der Waals surface area contributed by atoms with Crippen LogP contribution in [0.3, 0.4) is 0 Å². The average Bonchev–Trinajstić information content (AvgIpc) is 3.40. The van der Waals surface area contributed by atoms with Crippen molar-refractivity contribution in [1.82, 2.24) is 19.4 Å². The smallest absolute Gasteiger partial charge is 0.255 e. The van der Waals surface area contributed by atoms with Gasteiger partial charge in [0, 0.05) is 18.8 Å². The van der Waals surface area contributed by atoms with Crippen LogP contribution in [-0.4, -0.2) is 31.9 Å². The van der Waals surface area contributed by atoms with Crippen LogP contribution in [0.5, 0.6) is 0 Å². The van der Waals surface area contributed by atoms with Gasteiger partial charge >= 0.3 is 0 Å². The van der Waals surface area contributed by atoms with E-state index in [1.54, 1.807) is 12.1 Å². The summed E-state index contributed by atoms with van der Waals surface area (Å²) in [5.41, 5.74) is 2.38. The Kier molecular flexibility index (Phi) is 6.68. The first kappa shape index (κ1) is 20.9. The second-order valence-corrected chi connectivity index (χ2v) is 8.50. The third-order valence-electron chi connectivity index (χ3n) is 5.97. The van der Waals surface area contributed by atoms with E-state index in [-0.39, 0.29) is 5.91 Å². The lowest BCUT2D eigenvalue weighted by molar-refractivity contribution is 0.0733. The number of hydrogen-bond acceptors (Lipinski definition) is 3. The minimum absolute atomic E-state index is 0.0327. The number of hydrogen-bond donors (Lipinski definition) is 0. The van der Waals surface area contributed by atoms with E-state index < -0.39 is 0 Å². The normalized spacial score (nSPS) is 14.5. The number of imidazole rings is 1. The fourth-order valence-electron chi connectivity index (χ4n) is 4.41. The van der Waals surface area contributed by atoms with Gasteiger partial charge in [0.25, 0.3) is 5.91 Å². The molecule has 6 heteroatoms. The summed E-state index contributed by atoms with van der Waals surface area (Å²) in [5.74, 6) is 0.891. The van der Waals surface area contributed by atoms with E-state index in [9.17, 15) is 4.79 Å². The van der Waals surface area contributed by atoms with Gasteiger partial charge in [-0.05, 0) is 43.5 Å². The molecule has 2 aromatic heterocycles. The maximum absolute atomic E-state index is 13.4. The van der Waals surface area contributed by atoms with E-state index in [0.717, 1.165) is 49.1 Å². The molecule has 1 amide bonds. The molecule has 3 aromatic rings. The van der Waals surface area contributed by atoms with Gasteiger partial charge in [0.2, 0.25) is 0 Å². The van der Waals surface area contributed by atoms with Crippen molar-refractivity contribution in [3.05, 3.63) is 59.0 Å². The Morgan fingerprint density at radius 1 is 1.17 bits per heavy atom. The van der Waals surface area contributed by atoms with E-state index in [0.29, 0.717) is 29.7 Å². The highest BCUT2D eigenvalue weighted by Crippen LogP contribution is 2.33. The molecule has 1 aromatic carbocycles. The summed E-state index contributed by atoms with van der Waals surface area (Å²) in [4.78, 5) is 24.8. The van der Waals surface area contributed by atoms with Crippen LogP contribution >= 0.6 is 11.6 Å². The second-order valence-electron chi connectivity index (χ2n) is 8.10. The minimum atomic E-state index is -0.0327. The number of pyridine rings is 1. The van der Waals surface area contributed by atoms with Crippen molar-refractivity contribution in [2.24, 2.45) is 0 Å². The van der Waals surface area contributed by atoms with Crippen molar-refractivity contribution in [2.45, 2.75) is 64.5 Å². The van der Waals surface area contributed by atoms with Crippen molar-refractivity contribution < 1.29 is 4.79 Å². The monoisotopic (exact) mass is 424 g/mol. The molecule has 4 rings (SSSR count). The summed E-state index contributed by atoms with van der Waals surface area (Å²) in [6, 6.07) is 11.6. The predicted octanol–water partition coefficient (Wildman–Crippen LogP) is 6.03. The van der Waals surface area contributed by atoms with Crippen LogP contribution in [-0.2, 0) is 6.54 Å². The van der Waals surface area contributed by atoms with Crippen molar-refractivity contribution in [1.29, 1.82) is 0 Å². The number of amides is 1. The topological polar surface area (TPSA) is 51.0 Å². The first-order valence-corrected chi connectivity index (χ1v) is 11.4. The van der Waals surface area contributed by atoms with Gasteiger partial charge < -0.3 is 9.47 Å². The van der Waals surface area contributed by atoms with Gasteiger partial charge in [-0.15, -0.1) is 0 Å². The third kappa shape index (κ3) is 4.36. The molecule has 1 aliphatic carbocycles. The molecule has 1 aliphatic rings. The van der Waals surface area contributed by atoms with Crippen LogP contribution in [0.1, 0.15) is 74.1 Å². The second kappa shape index (κ2) is 9.61. The number of carbonyl (C=O) groups excluding carboxylic acids is 1. The van der Waals surface area contributed by atoms with E-state index in [1.807, 2.05) is 35.4 Å². The lowest BCUT2D eigenvalue weighted by atomic mass is 10.1. The van der Waals surface area contributed by atoms with Gasteiger partial charge in [-0.25, -0.2) is 9.97 Å². The van der Waals surface area contributed by atoms with Gasteiger partial charge in [0.15, 0.2) is 5.65 Å². The van der Waals surface area contributed by atoms with E-state index in [1.165, 1.54) is 12.8 Å². The molecular weight excluding hydrogens is 396 g/mol. The first-order valence-electron chi connectivity index (χ1n) is 11.0. The molecule has 0 atom stereocenters. The number of rotatable bonds is 8. The van der Waals surface area contributed by atoms with E-state index >= 15 is 0 Å². The molecule has 1 saturated carbocycles. The molecule has 0 saturated heterocycles. The Bertz CT molecular complexity index is 1010. The molecule has 158 valence electrons. The molecule has 1 fully saturated rings. The lowest BCUT2D eigenvalue weighted by Gasteiger charge is -2.25. The zero-order chi connectivity index (χ0) is 20.9. The van der Waals surface area contributed by atoms with Crippen LogP contribution in [0.15, 0.2) is 42.6 Å². The molecule has 0 bridgehead atoms. The molecule has 0 N–H and O–H groups in total. The maximum atomic E-state index is 13.4. The number of nitrogens with zero attached hydrogens (tertiary/aromatic N) is 4. The summed E-state index contributed by atoms with van der Waals surface area (Å²) in [7, 11) is 0. The van der Waals surface area contributed by atoms with Gasteiger partial charge in [-0.1, -0.05) is 56.3 Å². The highest BCUT2D eigenvalue weighted by molar-refractivity contribution is 6.33. The Balaban J connectivity index is 1.68. The number of carbonyl (C=O) groups is 1. The zero-order valence-electron chi connectivity index (χ0n) is 17.6. The van der Waals surface area contributed by atoms with Crippen molar-refractivity contribution in [3.63, 3.8) is 0 Å². The molecule has 0 spiro atoms. The van der Waals surface area contributed by atoms with Crippen LogP contribution in [0, 0.1) is 0 Å². The van der Waals surface area contributed by atoms with E-state index in [4.69, 9.17) is 16.6 Å². The number of halogens is 1. The van der Waals surface area contributed by atoms with Crippen LogP contribution in [0.2, 0.25) is 5.02 Å². The Morgan fingerprint density at radius 2 is 1.97 bits per heavy atom. The predicted molar refractivity (Wildman–Crippen MR) is 121 cm³/mol. The summed E-state index contributed by atoms with van der Waals surface area (Å²) in [6.45, 7) is 3.34. The van der Waals surface area contributed by atoms with E-state index in [2.05, 4.69) is 16.5 Å². The maximum Gasteiger partial charge on any atom is 0.255 e. The van der Waals surface area contributed by atoms with Gasteiger partial charge in [-0.2, -0.15) is 0 Å². The zero-order valence-corrected chi connectivity index (χ0v) is 18.3. The van der Waals surface area contributed by atoms with Crippen molar-refractivity contribution in [3.8, 4) is 0 Å². The van der Waals surface area contributed by atoms with Gasteiger partial charge in [-0.3, -0.25) is 4.79 Å². The molecule has 2 heterocycles. The van der Waals surface area contributed by atoms with Crippen LogP contribution in [0.4, 0.5) is 0 Å². The average molecular weight is 425 g/mol. The highest BCUT2D eigenvalue weighted by Gasteiger charge is 2.26. The van der Waals surface area contributed by atoms with Crippen LogP contribution in [0.25, 0.3) is 11.2 Å². The lowest BCUT2D eigenvalue weighted by Crippen LogP contribution is -2.33. The Labute approximate surface area is 183 Å². The fraction of sp³-hybridized carbons (Fsp3) is 0.458. The largest absolute Gasteiger partial charge is 0.331 e. The molecule has 0 unspecified atom stereocenters. The minimum Gasteiger partial charge on any atom is -0.331 e. The molecule has 0 aliphatic heterocycles. The Hall–Kier alpha value is -2.40. The Morgan fingerprint density at radius 3 is 2.73 bits per heavy atom. The molecule has 0 radical (unpaired) electrons. The number of benzene rings is 1. The summed E-state index contributed by atoms with van der Waals surface area (Å²) < 4.78 is 2.29. The SMILES string of the molecule is CCCCCN(Cc1nc2cccnc2n1C1CCCC1)C(=O)c1ccccc1Cl. The van der Waals surface area contributed by atoms with Gasteiger partial charge in [0.1, 0.15) is 11.3 Å². The fourth-order valence-corrected chi connectivity index (χ4v) is 4.63. The van der Waals surface area contributed by atoms with Crippen molar-refractivity contribution in [2.75, 3.05) is 6.54 Å². The standard InChI is InChI=1S/C24H29ClN4O/c1-2-3-8-16-28(24(30)19-12-6-7-13-20(19)25)17-22-27-21-14-9-15-26-23(21)29(22)18-10-4-5-11-18/h6-7,9,12-15,18H,2-5,8,10-11,16-17H2,1H3. The first-order chi connectivity index (χ1) is 14.7. The number of unbranched alkanes of at least 4 members (excludes halogenated alkanes) is 2. The summed E-state index contributed by atoms with van der Waals surface area (Å²) in [6.07, 6.45) is 9.74. The third-order valence-corrected chi connectivity index (χ3v) is 6.30. The summed E-state index contributed by atoms with van der Waals surface area (Å²) >= 11 is 6.35. The highest BCUT2D eigenvalue weighted by atomic mass is 35.5. The van der Waals surface area contributed by atoms with Crippen molar-refractivity contribution >= 4 is 28.7 Å². The molecule has 5 nitrogen and oxygen atoms in total. The van der Waals surface area contributed by atoms with Gasteiger partial charge in [0.05, 0.1) is 17.1 Å². The molecule has 30 heavy (non-hydrogen) atoms. The number of fused-ring (bicyclic) bond motifs is 1. The summed E-state index contributed by atoms with van der Waals surface area (Å²) in [5, 5.41) is 0.494. The van der Waals surface area contributed by atoms with Crippen LogP contribution < -0.4 is 0 Å². The molecular formula is C24H29ClN4O. The quantitative estimate of drug-likeness (QED) is 0.414. The number of aromatic nitrogens is 3.